The number of nitrogens with one attached hydrogen (secondary N) is 1. The molecule has 0 aliphatic carbocycles. The molecule has 1 aromatic heterocycles. The topological polar surface area (TPSA) is 51.2 Å². The fraction of sp³-hybridized carbons (Fsp3) is 0.200. The van der Waals surface area contributed by atoms with Gasteiger partial charge < -0.3 is 0 Å². The first-order valence-electron chi connectivity index (χ1n) is 8.24. The van der Waals surface area contributed by atoms with Crippen LogP contribution in [-0.4, -0.2) is 31.3 Å². The van der Waals surface area contributed by atoms with Gasteiger partial charge in [-0.15, -0.1) is 0 Å². The number of nitrogens with zero attached hydrogens (tertiary/aromatic N) is 1. The summed E-state index contributed by atoms with van der Waals surface area (Å²) in [5.74, 6) is 7.50. The van der Waals surface area contributed by atoms with E-state index >= 15 is 0 Å². The van der Waals surface area contributed by atoms with Gasteiger partial charge in [0.2, 0.25) is 0 Å². The van der Waals surface area contributed by atoms with E-state index in [1.807, 2.05) is 48.5 Å². The number of ether oxygens (including phenoxy) is 1. The van der Waals surface area contributed by atoms with Crippen molar-refractivity contribution >= 4 is 40.2 Å². The number of rotatable bonds is 4. The molecule has 0 unspecified atom stereocenters. The molecule has 0 saturated heterocycles. The fourth-order valence-electron chi connectivity index (χ4n) is 2.86. The second-order valence-electron chi connectivity index (χ2n) is 7.00. The van der Waals surface area contributed by atoms with Crippen LogP contribution in [0.2, 0.25) is 17.3 Å². The molecule has 0 atom stereocenters. The van der Waals surface area contributed by atoms with Gasteiger partial charge >= 0.3 is 150 Å². The van der Waals surface area contributed by atoms with E-state index in [1.54, 1.807) is 13.3 Å². The Morgan fingerprint density at radius 3 is 2.56 bits per heavy atom. The van der Waals surface area contributed by atoms with Crippen LogP contribution < -0.4 is 14.4 Å². The first kappa shape index (κ1) is 17.5. The number of amides is 1. The second kappa shape index (κ2) is 6.88. The van der Waals surface area contributed by atoms with E-state index < -0.39 is 13.3 Å². The number of aromatic nitrogens is 1. The summed E-state index contributed by atoms with van der Waals surface area (Å²) in [5, 5.41) is 4.04. The summed E-state index contributed by atoms with van der Waals surface area (Å²) in [4.78, 5) is 17.4. The third kappa shape index (κ3) is 3.69. The first-order chi connectivity index (χ1) is 11.9. The standard InChI is InChI=1S/C20H22GeN2O2/c1-21(2,3)17-13-15(25-4)10-11-16(17)20(24)23-18-9-5-7-14-8-6-12-22-19(14)18/h5-13H,1-4H3,(H,23,24). The van der Waals surface area contributed by atoms with E-state index in [4.69, 9.17) is 4.74 Å². The summed E-state index contributed by atoms with van der Waals surface area (Å²) in [6.07, 6.45) is 1.74. The summed E-state index contributed by atoms with van der Waals surface area (Å²) in [6.45, 7) is 0. The van der Waals surface area contributed by atoms with Crippen LogP contribution in [0.25, 0.3) is 10.9 Å². The molecule has 3 rings (SSSR count). The molecule has 0 aliphatic heterocycles. The Labute approximate surface area is 150 Å². The minimum atomic E-state index is -2.25. The van der Waals surface area contributed by atoms with Gasteiger partial charge in [0, 0.05) is 0 Å². The van der Waals surface area contributed by atoms with E-state index in [9.17, 15) is 4.79 Å². The number of pyridine rings is 1. The molecule has 25 heavy (non-hydrogen) atoms. The molecule has 1 N–H and O–H groups in total. The molecule has 128 valence electrons. The molecular formula is C20H22GeN2O2. The van der Waals surface area contributed by atoms with Crippen LogP contribution in [0.15, 0.2) is 54.7 Å². The Hall–Kier alpha value is -2.34. The number of benzene rings is 2. The zero-order valence-electron chi connectivity index (χ0n) is 15.0. The summed E-state index contributed by atoms with van der Waals surface area (Å²) < 4.78 is 6.48. The summed E-state index contributed by atoms with van der Waals surface area (Å²) in [5.41, 5.74) is 2.25. The van der Waals surface area contributed by atoms with Crippen LogP contribution in [0.5, 0.6) is 5.75 Å². The molecule has 4 nitrogen and oxygen atoms in total. The van der Waals surface area contributed by atoms with E-state index in [0.717, 1.165) is 32.3 Å². The van der Waals surface area contributed by atoms with Crippen molar-refractivity contribution < 1.29 is 9.53 Å². The van der Waals surface area contributed by atoms with Gasteiger partial charge in [0.15, 0.2) is 0 Å². The quantitative estimate of drug-likeness (QED) is 0.679. The van der Waals surface area contributed by atoms with Crippen LogP contribution in [0.4, 0.5) is 5.69 Å². The van der Waals surface area contributed by atoms with Gasteiger partial charge in [0.1, 0.15) is 0 Å². The molecule has 3 aromatic rings. The number of hydrogen-bond acceptors (Lipinski definition) is 3. The summed E-state index contributed by atoms with van der Waals surface area (Å²) in [6, 6.07) is 15.4. The van der Waals surface area contributed by atoms with Gasteiger partial charge in [-0.3, -0.25) is 0 Å². The van der Waals surface area contributed by atoms with E-state index in [2.05, 4.69) is 27.6 Å². The fourth-order valence-corrected chi connectivity index (χ4v) is 6.18. The van der Waals surface area contributed by atoms with E-state index in [0.29, 0.717) is 0 Å². The Morgan fingerprint density at radius 2 is 1.84 bits per heavy atom. The van der Waals surface area contributed by atoms with Gasteiger partial charge in [-0.05, 0) is 0 Å². The van der Waals surface area contributed by atoms with Crippen molar-refractivity contribution in [3.05, 3.63) is 60.3 Å². The number of fused-ring (bicyclic) bond motifs is 1. The van der Waals surface area contributed by atoms with Crippen LogP contribution >= 0.6 is 0 Å². The SMILES string of the molecule is COc1ccc(C(=O)Nc2cccc3cccnc23)[c]([Ge]([CH3])([CH3])[CH3])c1. The third-order valence-corrected chi connectivity index (χ3v) is 8.42. The second-order valence-corrected chi connectivity index (χ2v) is 17.6. The van der Waals surface area contributed by atoms with Crippen molar-refractivity contribution in [2.45, 2.75) is 17.3 Å². The molecule has 1 amide bonds. The van der Waals surface area contributed by atoms with Gasteiger partial charge in [-0.2, -0.15) is 0 Å². The van der Waals surface area contributed by atoms with Gasteiger partial charge in [0.25, 0.3) is 0 Å². The average molecular weight is 395 g/mol. The molecule has 5 heteroatoms. The predicted molar refractivity (Wildman–Crippen MR) is 106 cm³/mol. The summed E-state index contributed by atoms with van der Waals surface area (Å²) >= 11 is -2.25. The Morgan fingerprint density at radius 1 is 1.08 bits per heavy atom. The van der Waals surface area contributed by atoms with Crippen LogP contribution in [0, 0.1) is 0 Å². The van der Waals surface area contributed by atoms with Crippen molar-refractivity contribution in [2.24, 2.45) is 0 Å². The van der Waals surface area contributed by atoms with Crippen LogP contribution in [-0.2, 0) is 0 Å². The molecule has 1 heterocycles. The molecule has 0 fully saturated rings. The number of para-hydroxylation sites is 1. The van der Waals surface area contributed by atoms with Crippen molar-refractivity contribution in [2.75, 3.05) is 12.4 Å². The zero-order valence-corrected chi connectivity index (χ0v) is 17.1. The monoisotopic (exact) mass is 396 g/mol. The minimum absolute atomic E-state index is 0.101. The zero-order chi connectivity index (χ0) is 18.0. The van der Waals surface area contributed by atoms with Crippen molar-refractivity contribution in [1.29, 1.82) is 0 Å². The number of carbonyl (C=O) groups excluding carboxylic acids is 1. The molecule has 0 aliphatic rings. The van der Waals surface area contributed by atoms with E-state index in [1.165, 1.54) is 0 Å². The van der Waals surface area contributed by atoms with Crippen molar-refractivity contribution in [3.8, 4) is 5.75 Å². The first-order valence-corrected chi connectivity index (χ1v) is 15.6. The van der Waals surface area contributed by atoms with Crippen LogP contribution in [0.1, 0.15) is 10.4 Å². The Bertz CT molecular complexity index is 927. The van der Waals surface area contributed by atoms with E-state index in [-0.39, 0.29) is 5.91 Å². The number of methoxy groups -OCH3 is 1. The third-order valence-electron chi connectivity index (χ3n) is 4.16. The Kier molecular flexibility index (Phi) is 4.81. The number of anilines is 1. The van der Waals surface area contributed by atoms with Gasteiger partial charge in [0.05, 0.1) is 0 Å². The Balaban J connectivity index is 2.01. The molecule has 2 aromatic carbocycles. The number of hydrogen-bond donors (Lipinski definition) is 1. The van der Waals surface area contributed by atoms with Gasteiger partial charge in [-0.1, -0.05) is 0 Å². The predicted octanol–water partition coefficient (Wildman–Crippen LogP) is 4.04. The number of carbonyl (C=O) groups is 1. The van der Waals surface area contributed by atoms with Gasteiger partial charge in [-0.25, -0.2) is 0 Å². The normalized spacial score (nSPS) is 11.4. The average Bonchev–Trinajstić information content (AvgIpc) is 2.60. The molecule has 0 spiro atoms. The maximum atomic E-state index is 13.0. The molecule has 0 saturated carbocycles. The molecular weight excluding hydrogens is 373 g/mol. The summed E-state index contributed by atoms with van der Waals surface area (Å²) in [7, 11) is 1.65. The maximum absolute atomic E-state index is 13.0. The molecule has 0 radical (unpaired) electrons. The van der Waals surface area contributed by atoms with Crippen molar-refractivity contribution in [1.82, 2.24) is 4.98 Å². The van der Waals surface area contributed by atoms with Crippen molar-refractivity contribution in [3.63, 3.8) is 0 Å². The molecule has 0 bridgehead atoms. The van der Waals surface area contributed by atoms with Crippen LogP contribution in [0.3, 0.4) is 0 Å².